The molecular formula is C13H18N2OS. The highest BCUT2D eigenvalue weighted by molar-refractivity contribution is 7.12. The molecule has 0 unspecified atom stereocenters. The van der Waals surface area contributed by atoms with Crippen molar-refractivity contribution in [1.29, 1.82) is 0 Å². The fourth-order valence-electron chi connectivity index (χ4n) is 1.76. The van der Waals surface area contributed by atoms with Crippen LogP contribution in [0.2, 0.25) is 0 Å². The second-order valence-electron chi connectivity index (χ2n) is 4.12. The lowest BCUT2D eigenvalue weighted by Gasteiger charge is -2.01. The summed E-state index contributed by atoms with van der Waals surface area (Å²) in [5, 5.41) is 3.36. The minimum Gasteiger partial charge on any atom is -0.444 e. The maximum absolute atomic E-state index is 5.54. The first-order valence-corrected chi connectivity index (χ1v) is 6.71. The van der Waals surface area contributed by atoms with Gasteiger partial charge in [0.1, 0.15) is 5.76 Å². The van der Waals surface area contributed by atoms with Crippen LogP contribution in [0.3, 0.4) is 0 Å². The maximum atomic E-state index is 5.54. The summed E-state index contributed by atoms with van der Waals surface area (Å²) in [6.45, 7) is 7.93. The highest BCUT2D eigenvalue weighted by Gasteiger charge is 2.04. The monoisotopic (exact) mass is 250 g/mol. The smallest absolute Gasteiger partial charge is 0.208 e. The molecular weight excluding hydrogens is 232 g/mol. The van der Waals surface area contributed by atoms with Crippen molar-refractivity contribution in [2.45, 2.75) is 40.3 Å². The van der Waals surface area contributed by atoms with Crippen molar-refractivity contribution in [1.82, 2.24) is 10.3 Å². The molecule has 0 bridgehead atoms. The Hall–Kier alpha value is -1.13. The summed E-state index contributed by atoms with van der Waals surface area (Å²) in [4.78, 5) is 6.97. The topological polar surface area (TPSA) is 38.1 Å². The summed E-state index contributed by atoms with van der Waals surface area (Å²) < 4.78 is 5.54. The van der Waals surface area contributed by atoms with E-state index in [0.29, 0.717) is 6.54 Å². The number of nitrogens with zero attached hydrogens (tertiary/aromatic N) is 1. The predicted molar refractivity (Wildman–Crippen MR) is 70.2 cm³/mol. The summed E-state index contributed by atoms with van der Waals surface area (Å²) in [6, 6.07) is 2.24. The van der Waals surface area contributed by atoms with E-state index in [0.717, 1.165) is 24.6 Å². The Balaban J connectivity index is 1.85. The lowest BCUT2D eigenvalue weighted by atomic mass is 10.2. The number of hydrogen-bond acceptors (Lipinski definition) is 4. The van der Waals surface area contributed by atoms with E-state index in [4.69, 9.17) is 4.42 Å². The zero-order chi connectivity index (χ0) is 12.3. The largest absolute Gasteiger partial charge is 0.444 e. The molecule has 4 heteroatoms. The van der Waals surface area contributed by atoms with E-state index in [1.54, 1.807) is 6.20 Å². The quantitative estimate of drug-likeness (QED) is 0.885. The summed E-state index contributed by atoms with van der Waals surface area (Å²) in [5.74, 6) is 1.72. The van der Waals surface area contributed by atoms with Crippen LogP contribution in [0.5, 0.6) is 0 Å². The van der Waals surface area contributed by atoms with Crippen molar-refractivity contribution < 1.29 is 4.42 Å². The Labute approximate surface area is 106 Å². The van der Waals surface area contributed by atoms with Crippen molar-refractivity contribution in [2.75, 3.05) is 0 Å². The summed E-state index contributed by atoms with van der Waals surface area (Å²) in [6.07, 6.45) is 2.70. The zero-order valence-corrected chi connectivity index (χ0v) is 11.4. The standard InChI is InChI=1S/C13H18N2OS/c1-4-12-7-15-13(16-12)8-14-6-11-5-9(2)17-10(11)3/h5,7,14H,4,6,8H2,1-3H3. The van der Waals surface area contributed by atoms with Crippen molar-refractivity contribution in [2.24, 2.45) is 0 Å². The molecule has 0 aliphatic rings. The Morgan fingerprint density at radius 3 is 2.76 bits per heavy atom. The molecule has 2 heterocycles. The predicted octanol–water partition coefficient (Wildman–Crippen LogP) is 3.21. The van der Waals surface area contributed by atoms with Crippen molar-refractivity contribution >= 4 is 11.3 Å². The Morgan fingerprint density at radius 1 is 1.35 bits per heavy atom. The molecule has 0 atom stereocenters. The van der Waals surface area contributed by atoms with Gasteiger partial charge in [-0.1, -0.05) is 6.92 Å². The lowest BCUT2D eigenvalue weighted by Crippen LogP contribution is -2.12. The zero-order valence-electron chi connectivity index (χ0n) is 10.5. The molecule has 0 saturated carbocycles. The van der Waals surface area contributed by atoms with E-state index in [1.165, 1.54) is 15.3 Å². The van der Waals surface area contributed by atoms with Crippen LogP contribution >= 0.6 is 11.3 Å². The van der Waals surface area contributed by atoms with E-state index in [2.05, 4.69) is 37.1 Å². The SMILES string of the molecule is CCc1cnc(CNCc2cc(C)sc2C)o1. The summed E-state index contributed by atoms with van der Waals surface area (Å²) in [7, 11) is 0. The van der Waals surface area contributed by atoms with Crippen molar-refractivity contribution in [3.8, 4) is 0 Å². The van der Waals surface area contributed by atoms with Gasteiger partial charge in [0, 0.05) is 22.7 Å². The molecule has 0 spiro atoms. The van der Waals surface area contributed by atoms with Crippen LogP contribution in [0.4, 0.5) is 0 Å². The van der Waals surface area contributed by atoms with Gasteiger partial charge in [0.15, 0.2) is 0 Å². The van der Waals surface area contributed by atoms with Gasteiger partial charge in [-0.25, -0.2) is 4.98 Å². The van der Waals surface area contributed by atoms with Crippen molar-refractivity contribution in [3.05, 3.63) is 39.2 Å². The Morgan fingerprint density at radius 2 is 2.18 bits per heavy atom. The van der Waals surface area contributed by atoms with Gasteiger partial charge in [0.05, 0.1) is 12.7 Å². The Kier molecular flexibility index (Phi) is 3.97. The molecule has 2 rings (SSSR count). The molecule has 0 fully saturated rings. The van der Waals surface area contributed by atoms with Gasteiger partial charge in [-0.2, -0.15) is 0 Å². The second kappa shape index (κ2) is 5.47. The Bertz CT molecular complexity index is 487. The average Bonchev–Trinajstić information content (AvgIpc) is 2.86. The number of nitrogens with one attached hydrogen (secondary N) is 1. The third-order valence-corrected chi connectivity index (χ3v) is 3.69. The van der Waals surface area contributed by atoms with Crippen LogP contribution in [0, 0.1) is 13.8 Å². The van der Waals surface area contributed by atoms with Gasteiger partial charge in [-0.3, -0.25) is 0 Å². The van der Waals surface area contributed by atoms with Gasteiger partial charge < -0.3 is 9.73 Å². The first-order chi connectivity index (χ1) is 8.19. The average molecular weight is 250 g/mol. The van der Waals surface area contributed by atoms with Gasteiger partial charge in [-0.15, -0.1) is 11.3 Å². The third-order valence-electron chi connectivity index (χ3n) is 2.69. The highest BCUT2D eigenvalue weighted by atomic mass is 32.1. The molecule has 92 valence electrons. The normalized spacial score (nSPS) is 11.0. The molecule has 0 radical (unpaired) electrons. The molecule has 2 aromatic rings. The molecule has 17 heavy (non-hydrogen) atoms. The number of oxazole rings is 1. The van der Waals surface area contributed by atoms with Gasteiger partial charge in [0.2, 0.25) is 5.89 Å². The first-order valence-electron chi connectivity index (χ1n) is 5.89. The molecule has 2 aromatic heterocycles. The number of aryl methyl sites for hydroxylation is 3. The fourth-order valence-corrected chi connectivity index (χ4v) is 2.70. The maximum Gasteiger partial charge on any atom is 0.208 e. The van der Waals surface area contributed by atoms with E-state index >= 15 is 0 Å². The minimum atomic E-state index is 0.689. The van der Waals surface area contributed by atoms with Crippen LogP contribution in [0.25, 0.3) is 0 Å². The number of thiophene rings is 1. The van der Waals surface area contributed by atoms with Crippen molar-refractivity contribution in [3.63, 3.8) is 0 Å². The summed E-state index contributed by atoms with van der Waals surface area (Å²) in [5.41, 5.74) is 1.37. The molecule has 1 N–H and O–H groups in total. The molecule has 0 saturated heterocycles. The highest BCUT2D eigenvalue weighted by Crippen LogP contribution is 2.20. The molecule has 3 nitrogen and oxygen atoms in total. The van der Waals surface area contributed by atoms with Crippen LogP contribution in [0.1, 0.15) is 33.9 Å². The fraction of sp³-hybridized carbons (Fsp3) is 0.462. The van der Waals surface area contributed by atoms with Crippen LogP contribution in [0.15, 0.2) is 16.7 Å². The van der Waals surface area contributed by atoms with Crippen LogP contribution in [-0.2, 0) is 19.5 Å². The molecule has 0 amide bonds. The molecule has 0 aliphatic heterocycles. The van der Waals surface area contributed by atoms with E-state index in [1.807, 2.05) is 11.3 Å². The van der Waals surface area contributed by atoms with Gasteiger partial charge in [-0.05, 0) is 25.5 Å². The second-order valence-corrected chi connectivity index (χ2v) is 5.58. The van der Waals surface area contributed by atoms with Crippen LogP contribution < -0.4 is 5.32 Å². The lowest BCUT2D eigenvalue weighted by molar-refractivity contribution is 0.439. The molecule has 0 aliphatic carbocycles. The van der Waals surface area contributed by atoms with E-state index < -0.39 is 0 Å². The van der Waals surface area contributed by atoms with Gasteiger partial charge in [0.25, 0.3) is 0 Å². The molecule has 0 aromatic carbocycles. The first kappa shape index (κ1) is 12.3. The van der Waals surface area contributed by atoms with E-state index in [9.17, 15) is 0 Å². The third kappa shape index (κ3) is 3.17. The van der Waals surface area contributed by atoms with E-state index in [-0.39, 0.29) is 0 Å². The minimum absolute atomic E-state index is 0.689. The number of rotatable bonds is 5. The summed E-state index contributed by atoms with van der Waals surface area (Å²) >= 11 is 1.84. The number of hydrogen-bond donors (Lipinski definition) is 1. The van der Waals surface area contributed by atoms with Crippen LogP contribution in [-0.4, -0.2) is 4.98 Å². The number of aromatic nitrogens is 1. The van der Waals surface area contributed by atoms with Gasteiger partial charge >= 0.3 is 0 Å².